The lowest BCUT2D eigenvalue weighted by molar-refractivity contribution is -0.137. The Balaban J connectivity index is 1.43. The van der Waals surface area contributed by atoms with Crippen LogP contribution in [0.3, 0.4) is 0 Å². The van der Waals surface area contributed by atoms with Crippen molar-refractivity contribution in [2.24, 2.45) is 57.1 Å². The van der Waals surface area contributed by atoms with E-state index in [0.29, 0.717) is 60.3 Å². The van der Waals surface area contributed by atoms with E-state index in [0.717, 1.165) is 0 Å². The normalized spacial score (nSPS) is 14.6. The van der Waals surface area contributed by atoms with Gasteiger partial charge in [-0.2, -0.15) is 0 Å². The van der Waals surface area contributed by atoms with E-state index in [9.17, 15) is 47.9 Å². The minimum absolute atomic E-state index is 0.0370. The number of nitrogens with two attached hydrogens (primary N) is 6. The number of primary amides is 2. The SMILES string of the molecule is CC[C@H](C)[C@@H](NC(=O)[C@H](Cc1ccccc1)NC(=O)[C@H](Cc1cnc[nH]1)NC(=O)[C@@H](NC(=O)[C@H](Cc1ccccc1)NC(=O)[C@H](CCC(N)=O)NC(=O)[C@H](CCCCN)NC(=O)[C@@H](N)CC(C)C)C(C)C)C(=O)N[C@@H](Cc1cnc[nH]1)C(=O)N[C@@H](CCCN=C(N)N)C(=O)N[C@@H](Cc1ccccc1)C(N)=O. The Morgan fingerprint density at radius 3 is 1.20 bits per heavy atom. The van der Waals surface area contributed by atoms with Crippen LogP contribution in [-0.4, -0.2) is 176 Å². The van der Waals surface area contributed by atoms with Gasteiger partial charge in [0.15, 0.2) is 5.96 Å². The number of aliphatic imine (C=N–C) groups is 1. The predicted molar refractivity (Wildman–Crippen MR) is 396 cm³/mol. The summed E-state index contributed by atoms with van der Waals surface area (Å²) in [6.45, 7) is 10.9. The van der Waals surface area contributed by atoms with Gasteiger partial charge in [-0.1, -0.05) is 139 Å². The number of aromatic nitrogens is 4. The lowest BCUT2D eigenvalue weighted by Crippen LogP contribution is -2.62. The molecule has 0 unspecified atom stereocenters. The Hall–Kier alpha value is -11.1. The van der Waals surface area contributed by atoms with Crippen molar-refractivity contribution in [1.82, 2.24) is 73.1 Å². The minimum Gasteiger partial charge on any atom is -0.370 e. The maximum atomic E-state index is 15.1. The molecule has 33 heteroatoms. The fourth-order valence-corrected chi connectivity index (χ4v) is 11.5. The van der Waals surface area contributed by atoms with Crippen LogP contribution in [-0.2, 0) is 89.6 Å². The molecule has 3 aromatic carbocycles. The average Bonchev–Trinajstić information content (AvgIpc) is 1.05. The summed E-state index contributed by atoms with van der Waals surface area (Å²) in [6, 6.07) is 11.3. The molecule has 5 rings (SSSR count). The van der Waals surface area contributed by atoms with Gasteiger partial charge in [0, 0.05) is 68.9 Å². The number of guanidine groups is 1. The molecule has 0 saturated carbocycles. The zero-order valence-corrected chi connectivity index (χ0v) is 61.1. The molecule has 0 bridgehead atoms. The first-order chi connectivity index (χ1) is 50.5. The summed E-state index contributed by atoms with van der Waals surface area (Å²) in [7, 11) is 0. The van der Waals surface area contributed by atoms with Crippen LogP contribution >= 0.6 is 0 Å². The van der Waals surface area contributed by atoms with Crippen LogP contribution in [0.4, 0.5) is 0 Å². The van der Waals surface area contributed by atoms with E-state index in [-0.39, 0.29) is 82.6 Å². The van der Waals surface area contributed by atoms with Gasteiger partial charge in [-0.3, -0.25) is 62.5 Å². The predicted octanol–water partition coefficient (Wildman–Crippen LogP) is -1.50. The number of rotatable bonds is 47. The molecule has 0 aliphatic rings. The summed E-state index contributed by atoms with van der Waals surface area (Å²) in [6.07, 6.45) is 6.01. The van der Waals surface area contributed by atoms with Gasteiger partial charge < -0.3 is 97.5 Å². The third-order valence-electron chi connectivity index (χ3n) is 17.6. The van der Waals surface area contributed by atoms with Crippen LogP contribution in [0.15, 0.2) is 121 Å². The van der Waals surface area contributed by atoms with Crippen molar-refractivity contribution in [1.29, 1.82) is 0 Å². The van der Waals surface area contributed by atoms with Crippen LogP contribution in [0.2, 0.25) is 0 Å². The smallest absolute Gasteiger partial charge is 0.243 e. The molecule has 0 spiro atoms. The van der Waals surface area contributed by atoms with E-state index in [4.69, 9.17) is 34.4 Å². The van der Waals surface area contributed by atoms with Crippen LogP contribution < -0.4 is 87.6 Å². The third kappa shape index (κ3) is 29.9. The summed E-state index contributed by atoms with van der Waals surface area (Å²) in [5, 5.41) is 27.4. The summed E-state index contributed by atoms with van der Waals surface area (Å²) >= 11 is 0. The Morgan fingerprint density at radius 2 is 0.802 bits per heavy atom. The van der Waals surface area contributed by atoms with Crippen molar-refractivity contribution in [3.05, 3.63) is 144 Å². The number of hydrogen-bond acceptors (Lipinski definition) is 17. The number of nitrogens with zero attached hydrogens (tertiary/aromatic N) is 3. The number of carbonyl (C=O) groups is 12. The molecule has 0 aliphatic carbocycles. The lowest BCUT2D eigenvalue weighted by Gasteiger charge is -2.30. The minimum atomic E-state index is -1.50. The van der Waals surface area contributed by atoms with Gasteiger partial charge >= 0.3 is 0 Å². The van der Waals surface area contributed by atoms with Crippen LogP contribution in [0, 0.1) is 17.8 Å². The first-order valence-electron chi connectivity index (χ1n) is 35.7. The van der Waals surface area contributed by atoms with Gasteiger partial charge in [-0.05, 0) is 85.9 Å². The Morgan fingerprint density at radius 1 is 0.434 bits per heavy atom. The topological polar surface area (TPSA) is 551 Å². The second kappa shape index (κ2) is 44.5. The molecule has 2 heterocycles. The van der Waals surface area contributed by atoms with Gasteiger partial charge in [0.05, 0.1) is 18.7 Å². The number of imidazole rings is 2. The number of hydrogen-bond donors (Lipinski definition) is 18. The van der Waals surface area contributed by atoms with E-state index in [2.05, 4.69) is 78.1 Å². The molecule has 5 aromatic rings. The highest BCUT2D eigenvalue weighted by atomic mass is 16.2. The molecule has 33 nitrogen and oxygen atoms in total. The lowest BCUT2D eigenvalue weighted by atomic mass is 9.96. The zero-order valence-electron chi connectivity index (χ0n) is 61.1. The molecule has 0 fully saturated rings. The van der Waals surface area contributed by atoms with E-state index in [1.807, 2.05) is 13.8 Å². The summed E-state index contributed by atoms with van der Waals surface area (Å²) < 4.78 is 0. The summed E-state index contributed by atoms with van der Waals surface area (Å²) in [5.74, 6) is -11.3. The van der Waals surface area contributed by atoms with Crippen molar-refractivity contribution in [3.8, 4) is 0 Å². The Bertz CT molecular complexity index is 3660. The fourth-order valence-electron chi connectivity index (χ4n) is 11.5. The zero-order chi connectivity index (χ0) is 77.8. The highest BCUT2D eigenvalue weighted by Crippen LogP contribution is 2.16. The second-order valence-corrected chi connectivity index (χ2v) is 27.1. The maximum absolute atomic E-state index is 15.1. The molecule has 12 amide bonds. The number of benzene rings is 3. The van der Waals surface area contributed by atoms with Gasteiger partial charge in [0.25, 0.3) is 0 Å². The largest absolute Gasteiger partial charge is 0.370 e. The van der Waals surface area contributed by atoms with Crippen molar-refractivity contribution < 1.29 is 57.5 Å². The van der Waals surface area contributed by atoms with Crippen molar-refractivity contribution >= 4 is 76.8 Å². The van der Waals surface area contributed by atoms with Gasteiger partial charge in [-0.25, -0.2) is 9.97 Å². The number of amides is 12. The van der Waals surface area contributed by atoms with E-state index < -0.39 is 149 Å². The standard InChI is InChI=1S/C73H107N21O12/c1-7-44(6)61(72(106)92-57(36-48-38-80-40-83-48)67(101)86-52(27-19-31-82-73(78)79)65(99)88-54(62(77)96)33-45-20-11-8-12-21-45)94-70(104)56(35-47-24-15-10-16-25-47)90-68(102)58(37-49-39-81-41-84-49)91-71(105)60(43(4)5)93-69(103)55(34-46-22-13-9-14-23-46)89-66(100)53(28-29-59(76)95)87-64(98)51(26-17-18-30-74)85-63(97)50(75)32-42(2)3/h8-16,20-25,38-44,50-58,60-61H,7,17-19,26-37,74-75H2,1-6H3,(H2,76,95)(H2,77,96)(H,80,83)(H,81,84)(H,85,97)(H,86,101)(H,87,98)(H,88,99)(H,89,100)(H,90,102)(H,91,105)(H,92,106)(H,93,103)(H,94,104)(H4,78,79,82)/t44-,50-,51-,52-,53-,54-,55-,56-,57-,58-,60-,61+/m0/s1. The molecule has 0 aliphatic heterocycles. The number of carbonyl (C=O) groups excluding carboxylic acids is 12. The molecule has 576 valence electrons. The molecular weight excluding hydrogens is 1360 g/mol. The van der Waals surface area contributed by atoms with E-state index >= 15 is 9.59 Å². The van der Waals surface area contributed by atoms with Crippen LogP contribution in [0.25, 0.3) is 0 Å². The average molecular weight is 1470 g/mol. The fraction of sp³-hybridized carbons (Fsp3) is 0.493. The third-order valence-corrected chi connectivity index (χ3v) is 17.6. The van der Waals surface area contributed by atoms with Gasteiger partial charge in [-0.15, -0.1) is 0 Å². The first-order valence-corrected chi connectivity index (χ1v) is 35.7. The van der Waals surface area contributed by atoms with Crippen LogP contribution in [0.1, 0.15) is 127 Å². The second-order valence-electron chi connectivity index (χ2n) is 27.1. The monoisotopic (exact) mass is 1470 g/mol. The van der Waals surface area contributed by atoms with Crippen molar-refractivity contribution in [3.63, 3.8) is 0 Å². The van der Waals surface area contributed by atoms with Gasteiger partial charge in [0.1, 0.15) is 60.4 Å². The molecule has 2 aromatic heterocycles. The summed E-state index contributed by atoms with van der Waals surface area (Å²) in [4.78, 5) is 188. The maximum Gasteiger partial charge on any atom is 0.243 e. The number of nitrogens with one attached hydrogen (secondary N) is 12. The molecule has 24 N–H and O–H groups in total. The molecule has 106 heavy (non-hydrogen) atoms. The highest BCUT2D eigenvalue weighted by molar-refractivity contribution is 5.99. The number of H-pyrrole nitrogens is 2. The van der Waals surface area contributed by atoms with Gasteiger partial charge in [0.2, 0.25) is 70.9 Å². The molecule has 0 saturated heterocycles. The molecular formula is C73H107N21O12. The molecule has 0 radical (unpaired) electrons. The van der Waals surface area contributed by atoms with Crippen molar-refractivity contribution in [2.45, 2.75) is 198 Å². The van der Waals surface area contributed by atoms with Crippen LogP contribution in [0.5, 0.6) is 0 Å². The quantitative estimate of drug-likeness (QED) is 0.0120. The number of aromatic amines is 2. The van der Waals surface area contributed by atoms with Crippen molar-refractivity contribution in [2.75, 3.05) is 13.1 Å². The van der Waals surface area contributed by atoms with E-state index in [1.165, 1.54) is 25.0 Å². The number of unbranched alkanes of at least 4 members (excludes halogenated alkanes) is 1. The first kappa shape index (κ1) is 85.6. The molecule has 12 atom stereocenters. The summed E-state index contributed by atoms with van der Waals surface area (Å²) in [5.41, 5.74) is 37.0. The highest BCUT2D eigenvalue weighted by Gasteiger charge is 2.38. The van der Waals surface area contributed by atoms with E-state index in [1.54, 1.807) is 119 Å². The Kier molecular flexibility index (Phi) is 35.9. The Labute approximate surface area is 617 Å².